The SMILES string of the molecule is CCOCCOc1ccc(S(=O)(=O)N2CCN(CC(=O)Nc3ccccc3)CC2)cc1. The van der Waals surface area contributed by atoms with Crippen LogP contribution in [0.3, 0.4) is 0 Å². The molecular formula is C22H29N3O5S. The third kappa shape index (κ3) is 6.76. The number of sulfonamides is 1. The molecule has 0 atom stereocenters. The molecule has 1 aliphatic heterocycles. The molecule has 0 unspecified atom stereocenters. The molecule has 0 radical (unpaired) electrons. The van der Waals surface area contributed by atoms with Crippen LogP contribution in [0.5, 0.6) is 5.75 Å². The van der Waals surface area contributed by atoms with Gasteiger partial charge < -0.3 is 14.8 Å². The maximum absolute atomic E-state index is 12.9. The lowest BCUT2D eigenvalue weighted by Gasteiger charge is -2.33. The third-order valence-electron chi connectivity index (χ3n) is 4.92. The van der Waals surface area contributed by atoms with Gasteiger partial charge in [0.1, 0.15) is 12.4 Å². The molecule has 9 heteroatoms. The summed E-state index contributed by atoms with van der Waals surface area (Å²) in [6, 6.07) is 15.7. The van der Waals surface area contributed by atoms with Gasteiger partial charge in [-0.2, -0.15) is 4.31 Å². The second kappa shape index (κ2) is 11.2. The summed E-state index contributed by atoms with van der Waals surface area (Å²) < 4.78 is 38.1. The Bertz CT molecular complexity index is 927. The van der Waals surface area contributed by atoms with Crippen LogP contribution in [0, 0.1) is 0 Å². The van der Waals surface area contributed by atoms with Crippen LogP contribution in [-0.4, -0.2) is 76.1 Å². The Hall–Kier alpha value is -2.46. The number of hydrogen-bond donors (Lipinski definition) is 1. The smallest absolute Gasteiger partial charge is 0.243 e. The lowest BCUT2D eigenvalue weighted by Crippen LogP contribution is -2.50. The van der Waals surface area contributed by atoms with Crippen LogP contribution in [0.15, 0.2) is 59.5 Å². The molecule has 1 fully saturated rings. The monoisotopic (exact) mass is 447 g/mol. The van der Waals surface area contributed by atoms with Crippen LogP contribution in [0.1, 0.15) is 6.92 Å². The van der Waals surface area contributed by atoms with Gasteiger partial charge in [-0.25, -0.2) is 8.42 Å². The fourth-order valence-corrected chi connectivity index (χ4v) is 4.69. The van der Waals surface area contributed by atoms with Crippen LogP contribution in [0.4, 0.5) is 5.69 Å². The van der Waals surface area contributed by atoms with Gasteiger partial charge in [0.2, 0.25) is 15.9 Å². The first-order chi connectivity index (χ1) is 15.0. The average Bonchev–Trinajstić information content (AvgIpc) is 2.78. The number of anilines is 1. The second-order valence-electron chi connectivity index (χ2n) is 7.11. The summed E-state index contributed by atoms with van der Waals surface area (Å²) in [5, 5.41) is 2.85. The van der Waals surface area contributed by atoms with E-state index in [1.165, 1.54) is 4.31 Å². The number of rotatable bonds is 10. The van der Waals surface area contributed by atoms with Gasteiger partial charge in [-0.05, 0) is 43.3 Å². The summed E-state index contributed by atoms with van der Waals surface area (Å²) in [6.45, 7) is 5.37. The van der Waals surface area contributed by atoms with E-state index in [-0.39, 0.29) is 17.3 Å². The lowest BCUT2D eigenvalue weighted by molar-refractivity contribution is -0.117. The number of carbonyl (C=O) groups is 1. The standard InChI is InChI=1S/C22H29N3O5S/c1-2-29-16-17-30-20-8-10-21(11-9-20)31(27,28)25-14-12-24(13-15-25)18-22(26)23-19-6-4-3-5-7-19/h3-11H,2,12-18H2,1H3,(H,23,26). The van der Waals surface area contributed by atoms with Crippen molar-refractivity contribution in [2.24, 2.45) is 0 Å². The molecular weight excluding hydrogens is 418 g/mol. The van der Waals surface area contributed by atoms with Gasteiger partial charge in [0, 0.05) is 38.5 Å². The van der Waals surface area contributed by atoms with Gasteiger partial charge in [-0.3, -0.25) is 9.69 Å². The summed E-state index contributed by atoms with van der Waals surface area (Å²) in [7, 11) is -3.58. The minimum atomic E-state index is -3.58. The number of nitrogens with one attached hydrogen (secondary N) is 1. The van der Waals surface area contributed by atoms with Crippen LogP contribution >= 0.6 is 0 Å². The van der Waals surface area contributed by atoms with Crippen molar-refractivity contribution in [1.29, 1.82) is 0 Å². The molecule has 1 saturated heterocycles. The van der Waals surface area contributed by atoms with Gasteiger partial charge in [0.05, 0.1) is 18.0 Å². The maximum atomic E-state index is 12.9. The van der Waals surface area contributed by atoms with Gasteiger partial charge in [-0.1, -0.05) is 18.2 Å². The van der Waals surface area contributed by atoms with Crippen LogP contribution in [-0.2, 0) is 19.6 Å². The van der Waals surface area contributed by atoms with E-state index in [1.54, 1.807) is 24.3 Å². The Labute approximate surface area is 183 Å². The second-order valence-corrected chi connectivity index (χ2v) is 9.05. The summed E-state index contributed by atoms with van der Waals surface area (Å²) in [5.74, 6) is 0.496. The van der Waals surface area contributed by atoms with Crippen molar-refractivity contribution in [3.8, 4) is 5.75 Å². The first kappa shape index (κ1) is 23.2. The number of nitrogens with zero attached hydrogens (tertiary/aromatic N) is 2. The molecule has 3 rings (SSSR count). The zero-order valence-corrected chi connectivity index (χ0v) is 18.5. The topological polar surface area (TPSA) is 88.2 Å². The van der Waals surface area contributed by atoms with E-state index in [4.69, 9.17) is 9.47 Å². The highest BCUT2D eigenvalue weighted by Crippen LogP contribution is 2.21. The summed E-state index contributed by atoms with van der Waals surface area (Å²) in [5.41, 5.74) is 0.749. The Kier molecular flexibility index (Phi) is 8.42. The van der Waals surface area contributed by atoms with Crippen molar-refractivity contribution < 1.29 is 22.7 Å². The van der Waals surface area contributed by atoms with Crippen LogP contribution in [0.2, 0.25) is 0 Å². The van der Waals surface area contributed by atoms with E-state index >= 15 is 0 Å². The van der Waals surface area contributed by atoms with Crippen molar-refractivity contribution in [1.82, 2.24) is 9.21 Å². The summed E-state index contributed by atoms with van der Waals surface area (Å²) in [6.07, 6.45) is 0. The van der Waals surface area contributed by atoms with Crippen LogP contribution < -0.4 is 10.1 Å². The zero-order valence-electron chi connectivity index (χ0n) is 17.7. The van der Waals surface area contributed by atoms with E-state index in [1.807, 2.05) is 42.2 Å². The molecule has 1 aliphatic rings. The molecule has 0 bridgehead atoms. The Morgan fingerprint density at radius 1 is 0.968 bits per heavy atom. The van der Waals surface area contributed by atoms with Gasteiger partial charge in [0.25, 0.3) is 0 Å². The predicted octanol–water partition coefficient (Wildman–Crippen LogP) is 2.05. The number of piperazine rings is 1. The Morgan fingerprint density at radius 2 is 1.65 bits per heavy atom. The maximum Gasteiger partial charge on any atom is 0.243 e. The van der Waals surface area contributed by atoms with E-state index in [9.17, 15) is 13.2 Å². The van der Waals surface area contributed by atoms with Gasteiger partial charge >= 0.3 is 0 Å². The summed E-state index contributed by atoms with van der Waals surface area (Å²) >= 11 is 0. The molecule has 2 aromatic rings. The number of benzene rings is 2. The largest absolute Gasteiger partial charge is 0.491 e. The quantitative estimate of drug-likeness (QED) is 0.561. The lowest BCUT2D eigenvalue weighted by atomic mass is 10.3. The van der Waals surface area contributed by atoms with E-state index in [2.05, 4.69) is 5.32 Å². The van der Waals surface area contributed by atoms with Crippen molar-refractivity contribution in [2.75, 3.05) is 57.9 Å². The number of para-hydroxylation sites is 1. The van der Waals surface area contributed by atoms with Crippen molar-refractivity contribution in [2.45, 2.75) is 11.8 Å². The highest BCUT2D eigenvalue weighted by Gasteiger charge is 2.29. The molecule has 8 nitrogen and oxygen atoms in total. The van der Waals surface area contributed by atoms with Crippen molar-refractivity contribution in [3.05, 3.63) is 54.6 Å². The molecule has 1 amide bonds. The number of ether oxygens (including phenoxy) is 2. The molecule has 1 N–H and O–H groups in total. The Morgan fingerprint density at radius 3 is 2.29 bits per heavy atom. The first-order valence-electron chi connectivity index (χ1n) is 10.4. The highest BCUT2D eigenvalue weighted by atomic mass is 32.2. The van der Waals surface area contributed by atoms with Gasteiger partial charge in [-0.15, -0.1) is 0 Å². The van der Waals surface area contributed by atoms with Gasteiger partial charge in [0.15, 0.2) is 0 Å². The molecule has 1 heterocycles. The molecule has 168 valence electrons. The van der Waals surface area contributed by atoms with Crippen molar-refractivity contribution in [3.63, 3.8) is 0 Å². The first-order valence-corrected chi connectivity index (χ1v) is 11.8. The fourth-order valence-electron chi connectivity index (χ4n) is 3.27. The molecule has 0 aliphatic carbocycles. The fraction of sp³-hybridized carbons (Fsp3) is 0.409. The number of hydrogen-bond acceptors (Lipinski definition) is 6. The van der Waals surface area contributed by atoms with E-state index in [0.717, 1.165) is 5.69 Å². The normalized spacial score (nSPS) is 15.5. The minimum absolute atomic E-state index is 0.109. The molecule has 0 aromatic heterocycles. The summed E-state index contributed by atoms with van der Waals surface area (Å²) in [4.78, 5) is 14.4. The molecule has 2 aromatic carbocycles. The van der Waals surface area contributed by atoms with Crippen molar-refractivity contribution >= 4 is 21.6 Å². The molecule has 0 saturated carbocycles. The van der Waals surface area contributed by atoms with Crippen LogP contribution in [0.25, 0.3) is 0 Å². The zero-order chi connectivity index (χ0) is 22.1. The van der Waals surface area contributed by atoms with E-state index < -0.39 is 10.0 Å². The Balaban J connectivity index is 1.48. The third-order valence-corrected chi connectivity index (χ3v) is 6.83. The molecule has 0 spiro atoms. The van der Waals surface area contributed by atoms with E-state index in [0.29, 0.717) is 51.7 Å². The minimum Gasteiger partial charge on any atom is -0.491 e. The number of carbonyl (C=O) groups excluding carboxylic acids is 1. The molecule has 31 heavy (non-hydrogen) atoms. The average molecular weight is 448 g/mol. The highest BCUT2D eigenvalue weighted by molar-refractivity contribution is 7.89. The number of amides is 1. The predicted molar refractivity (Wildman–Crippen MR) is 119 cm³/mol.